The third kappa shape index (κ3) is 4.00. The zero-order chi connectivity index (χ0) is 22.7. The second-order valence-corrected chi connectivity index (χ2v) is 6.81. The molecular weight excluding hydrogens is 412 g/mol. The largest absolute Gasteiger partial charge is 0.496 e. The summed E-state index contributed by atoms with van der Waals surface area (Å²) in [5, 5.41) is 0.673. The van der Waals surface area contributed by atoms with Crippen molar-refractivity contribution < 1.29 is 28.2 Å². The van der Waals surface area contributed by atoms with Crippen molar-refractivity contribution in [1.29, 1.82) is 0 Å². The van der Waals surface area contributed by atoms with Crippen LogP contribution in [0.15, 0.2) is 75.9 Å². The summed E-state index contributed by atoms with van der Waals surface area (Å²) < 4.78 is 26.7. The van der Waals surface area contributed by atoms with Gasteiger partial charge in [-0.25, -0.2) is 9.59 Å². The summed E-state index contributed by atoms with van der Waals surface area (Å²) in [4.78, 5) is 25.2. The topological polar surface area (TPSA) is 84.2 Å². The Balaban J connectivity index is 1.67. The van der Waals surface area contributed by atoms with Crippen LogP contribution in [0.2, 0.25) is 0 Å². The van der Waals surface area contributed by atoms with Crippen LogP contribution in [0.5, 0.6) is 23.0 Å². The van der Waals surface area contributed by atoms with E-state index in [0.717, 1.165) is 0 Å². The van der Waals surface area contributed by atoms with E-state index in [1.165, 1.54) is 20.3 Å². The van der Waals surface area contributed by atoms with Crippen molar-refractivity contribution in [1.82, 2.24) is 0 Å². The van der Waals surface area contributed by atoms with Crippen LogP contribution >= 0.6 is 0 Å². The van der Waals surface area contributed by atoms with Gasteiger partial charge in [-0.1, -0.05) is 18.2 Å². The maximum atomic E-state index is 12.7. The number of benzene rings is 3. The zero-order valence-electron chi connectivity index (χ0n) is 17.7. The number of carbonyl (C=O) groups is 1. The molecule has 0 aliphatic rings. The molecule has 4 rings (SSSR count). The Morgan fingerprint density at radius 3 is 2.28 bits per heavy atom. The van der Waals surface area contributed by atoms with Gasteiger partial charge in [-0.05, 0) is 48.0 Å². The number of hydrogen-bond donors (Lipinski definition) is 0. The van der Waals surface area contributed by atoms with Gasteiger partial charge < -0.3 is 23.4 Å². The Labute approximate surface area is 183 Å². The fourth-order valence-corrected chi connectivity index (χ4v) is 3.34. The van der Waals surface area contributed by atoms with Crippen LogP contribution in [0.3, 0.4) is 0 Å². The number of para-hydroxylation sites is 1. The van der Waals surface area contributed by atoms with Crippen LogP contribution in [-0.2, 0) is 0 Å². The standard InChI is InChI=1S/C25H20O7/c1-28-20-7-5-4-6-18(20)24(26)31-17-10-8-16-12-19(25(27)32-22(16)14-17)15-9-11-21(29-2)23(13-15)30-3/h4-14H,1-3H3. The second kappa shape index (κ2) is 8.85. The minimum Gasteiger partial charge on any atom is -0.496 e. The molecule has 1 heterocycles. The zero-order valence-corrected chi connectivity index (χ0v) is 17.7. The number of methoxy groups -OCH3 is 3. The van der Waals surface area contributed by atoms with Crippen LogP contribution in [0.4, 0.5) is 0 Å². The Bertz CT molecular complexity index is 1350. The summed E-state index contributed by atoms with van der Waals surface area (Å²) in [6, 6.07) is 18.5. The molecular formula is C25H20O7. The molecule has 32 heavy (non-hydrogen) atoms. The van der Waals surface area contributed by atoms with Gasteiger partial charge in [-0.3, -0.25) is 0 Å². The molecule has 162 valence electrons. The molecule has 3 aromatic carbocycles. The average Bonchev–Trinajstić information content (AvgIpc) is 2.83. The predicted molar refractivity (Wildman–Crippen MR) is 119 cm³/mol. The lowest BCUT2D eigenvalue weighted by Crippen LogP contribution is -2.10. The van der Waals surface area contributed by atoms with E-state index in [1.807, 2.05) is 0 Å². The van der Waals surface area contributed by atoms with E-state index >= 15 is 0 Å². The average molecular weight is 432 g/mol. The van der Waals surface area contributed by atoms with Gasteiger partial charge in [0, 0.05) is 11.5 Å². The first kappa shape index (κ1) is 21.0. The second-order valence-electron chi connectivity index (χ2n) is 6.81. The summed E-state index contributed by atoms with van der Waals surface area (Å²) in [5.41, 5.74) is 1.06. The number of hydrogen-bond acceptors (Lipinski definition) is 7. The maximum absolute atomic E-state index is 12.7. The van der Waals surface area contributed by atoms with E-state index in [1.54, 1.807) is 67.8 Å². The van der Waals surface area contributed by atoms with Gasteiger partial charge in [-0.15, -0.1) is 0 Å². The molecule has 0 aliphatic carbocycles. The fraction of sp³-hybridized carbons (Fsp3) is 0.120. The molecule has 4 aromatic rings. The quantitative estimate of drug-likeness (QED) is 0.248. The molecule has 0 amide bonds. The minimum absolute atomic E-state index is 0.246. The Morgan fingerprint density at radius 1 is 0.781 bits per heavy atom. The third-order valence-electron chi connectivity index (χ3n) is 4.94. The van der Waals surface area contributed by atoms with Gasteiger partial charge in [0.2, 0.25) is 0 Å². The highest BCUT2D eigenvalue weighted by Gasteiger charge is 2.16. The number of carbonyl (C=O) groups excluding carboxylic acids is 1. The van der Waals surface area contributed by atoms with Crippen LogP contribution in [0.25, 0.3) is 22.1 Å². The van der Waals surface area contributed by atoms with Crippen molar-refractivity contribution >= 4 is 16.9 Å². The summed E-state index contributed by atoms with van der Waals surface area (Å²) in [6.07, 6.45) is 0. The summed E-state index contributed by atoms with van der Waals surface area (Å²) in [7, 11) is 4.55. The molecule has 7 nitrogen and oxygen atoms in total. The van der Waals surface area contributed by atoms with Crippen molar-refractivity contribution in [2.75, 3.05) is 21.3 Å². The van der Waals surface area contributed by atoms with Gasteiger partial charge in [0.15, 0.2) is 11.5 Å². The highest BCUT2D eigenvalue weighted by Crippen LogP contribution is 2.32. The lowest BCUT2D eigenvalue weighted by molar-refractivity contribution is 0.0731. The van der Waals surface area contributed by atoms with E-state index in [9.17, 15) is 9.59 Å². The third-order valence-corrected chi connectivity index (χ3v) is 4.94. The molecule has 0 bridgehead atoms. The maximum Gasteiger partial charge on any atom is 0.347 e. The van der Waals surface area contributed by atoms with Crippen LogP contribution in [0, 0.1) is 0 Å². The van der Waals surface area contributed by atoms with E-state index in [0.29, 0.717) is 44.9 Å². The minimum atomic E-state index is -0.578. The summed E-state index contributed by atoms with van der Waals surface area (Å²) in [5.74, 6) is 1.14. The van der Waals surface area contributed by atoms with Gasteiger partial charge in [0.05, 0.1) is 26.9 Å². The lowest BCUT2D eigenvalue weighted by atomic mass is 10.1. The smallest absolute Gasteiger partial charge is 0.347 e. The molecule has 0 spiro atoms. The van der Waals surface area contributed by atoms with Crippen LogP contribution in [0.1, 0.15) is 10.4 Å². The fourth-order valence-electron chi connectivity index (χ4n) is 3.34. The summed E-state index contributed by atoms with van der Waals surface area (Å²) in [6.45, 7) is 0. The highest BCUT2D eigenvalue weighted by molar-refractivity contribution is 5.94. The monoisotopic (exact) mass is 432 g/mol. The lowest BCUT2D eigenvalue weighted by Gasteiger charge is -2.10. The number of ether oxygens (including phenoxy) is 4. The van der Waals surface area contributed by atoms with E-state index in [-0.39, 0.29) is 5.75 Å². The first-order valence-electron chi connectivity index (χ1n) is 9.69. The van der Waals surface area contributed by atoms with Gasteiger partial charge in [0.25, 0.3) is 0 Å². The Hall–Kier alpha value is -4.26. The number of rotatable bonds is 6. The number of fused-ring (bicyclic) bond motifs is 1. The molecule has 0 radical (unpaired) electrons. The van der Waals surface area contributed by atoms with Crippen molar-refractivity contribution in [2.45, 2.75) is 0 Å². The molecule has 0 N–H and O–H groups in total. The van der Waals surface area contributed by atoms with Crippen molar-refractivity contribution in [3.8, 4) is 34.1 Å². The van der Waals surface area contributed by atoms with Gasteiger partial charge >= 0.3 is 11.6 Å². The Kier molecular flexibility index (Phi) is 5.81. The van der Waals surface area contributed by atoms with E-state index in [4.69, 9.17) is 23.4 Å². The molecule has 0 saturated heterocycles. The molecule has 0 fully saturated rings. The van der Waals surface area contributed by atoms with Crippen LogP contribution < -0.4 is 24.6 Å². The van der Waals surface area contributed by atoms with E-state index in [2.05, 4.69) is 0 Å². The van der Waals surface area contributed by atoms with Gasteiger partial charge in [-0.2, -0.15) is 0 Å². The molecule has 7 heteroatoms. The molecule has 0 aliphatic heterocycles. The predicted octanol–water partition coefficient (Wildman–Crippen LogP) is 4.71. The molecule has 0 unspecified atom stereocenters. The van der Waals surface area contributed by atoms with Crippen molar-refractivity contribution in [3.05, 3.63) is 82.7 Å². The van der Waals surface area contributed by atoms with Crippen molar-refractivity contribution in [2.24, 2.45) is 0 Å². The first-order chi connectivity index (χ1) is 15.5. The normalized spacial score (nSPS) is 10.6. The number of esters is 1. The SMILES string of the molecule is COc1ccc(-c2cc3ccc(OC(=O)c4ccccc4OC)cc3oc2=O)cc1OC. The molecule has 0 saturated carbocycles. The van der Waals surface area contributed by atoms with Crippen molar-refractivity contribution in [3.63, 3.8) is 0 Å². The molecule has 1 aromatic heterocycles. The Morgan fingerprint density at radius 2 is 1.53 bits per heavy atom. The first-order valence-corrected chi connectivity index (χ1v) is 9.69. The highest BCUT2D eigenvalue weighted by atomic mass is 16.5. The van der Waals surface area contributed by atoms with Gasteiger partial charge in [0.1, 0.15) is 22.6 Å². The van der Waals surface area contributed by atoms with Crippen LogP contribution in [-0.4, -0.2) is 27.3 Å². The summed E-state index contributed by atoms with van der Waals surface area (Å²) >= 11 is 0. The molecule has 0 atom stereocenters. The van der Waals surface area contributed by atoms with E-state index < -0.39 is 11.6 Å².